The van der Waals surface area contributed by atoms with Crippen LogP contribution in [0.1, 0.15) is 111 Å². The number of thiophene rings is 4. The van der Waals surface area contributed by atoms with Crippen molar-refractivity contribution in [2.45, 2.75) is 106 Å². The number of Topliss-reactive ketones (excluding diaryl/α,β-unsaturated/α-hetero) is 1. The Morgan fingerprint density at radius 3 is 2.10 bits per heavy atom. The van der Waals surface area contributed by atoms with Gasteiger partial charge in [0.05, 0.1) is 48.4 Å². The second kappa shape index (κ2) is 19.7. The summed E-state index contributed by atoms with van der Waals surface area (Å²) in [4.78, 5) is 33.3. The van der Waals surface area contributed by atoms with Gasteiger partial charge in [0.2, 0.25) is 0 Å². The molecule has 8 heteroatoms. The summed E-state index contributed by atoms with van der Waals surface area (Å²) in [6, 6.07) is 32.5. The zero-order chi connectivity index (χ0) is 42.5. The van der Waals surface area contributed by atoms with Crippen LogP contribution in [0.25, 0.3) is 73.6 Å². The fraction of sp³-hybridized carbons (Fsp3) is 0.340. The van der Waals surface area contributed by atoms with Crippen LogP contribution in [0.15, 0.2) is 91.0 Å². The van der Waals surface area contributed by atoms with E-state index >= 15 is 0 Å². The smallest absolute Gasteiger partial charge is 0.175 e. The lowest BCUT2D eigenvalue weighted by Gasteiger charge is -2.15. The van der Waals surface area contributed by atoms with Crippen molar-refractivity contribution in [1.29, 1.82) is 0 Å². The van der Waals surface area contributed by atoms with E-state index in [1.165, 1.54) is 72.1 Å². The second-order valence-corrected chi connectivity index (χ2v) is 20.8. The minimum Gasteiger partial charge on any atom is -0.494 e. The van der Waals surface area contributed by atoms with E-state index in [4.69, 9.17) is 14.7 Å². The molecule has 0 fully saturated rings. The molecule has 8 aromatic rings. The van der Waals surface area contributed by atoms with Crippen LogP contribution < -0.4 is 4.74 Å². The minimum atomic E-state index is 0.0731. The van der Waals surface area contributed by atoms with E-state index in [9.17, 15) is 4.79 Å². The number of rotatable bonds is 19. The van der Waals surface area contributed by atoms with Crippen molar-refractivity contribution in [2.75, 3.05) is 6.61 Å². The number of ketones is 1. The Morgan fingerprint density at radius 2 is 1.34 bits per heavy atom. The van der Waals surface area contributed by atoms with Crippen LogP contribution in [-0.2, 0) is 0 Å². The molecular formula is C53H56N2O2S4. The highest BCUT2D eigenvalue weighted by Crippen LogP contribution is 2.52. The van der Waals surface area contributed by atoms with Crippen molar-refractivity contribution < 1.29 is 9.53 Å². The highest BCUT2D eigenvalue weighted by atomic mass is 32.1. The van der Waals surface area contributed by atoms with Crippen LogP contribution >= 0.6 is 45.3 Å². The Labute approximate surface area is 377 Å². The predicted molar refractivity (Wildman–Crippen MR) is 266 cm³/mol. The molecule has 0 aliphatic heterocycles. The Kier molecular flexibility index (Phi) is 14.0. The van der Waals surface area contributed by atoms with E-state index < -0.39 is 0 Å². The number of fused-ring (bicyclic) bond motifs is 2. The van der Waals surface area contributed by atoms with Gasteiger partial charge >= 0.3 is 0 Å². The summed E-state index contributed by atoms with van der Waals surface area (Å²) in [7, 11) is 0. The van der Waals surface area contributed by atoms with Gasteiger partial charge in [-0.05, 0) is 94.1 Å². The third kappa shape index (κ3) is 9.48. The molecule has 0 bridgehead atoms. The van der Waals surface area contributed by atoms with Crippen molar-refractivity contribution in [1.82, 2.24) is 9.97 Å². The van der Waals surface area contributed by atoms with E-state index in [1.807, 2.05) is 22.7 Å². The van der Waals surface area contributed by atoms with E-state index in [-0.39, 0.29) is 5.92 Å². The van der Waals surface area contributed by atoms with Crippen LogP contribution in [0, 0.1) is 26.7 Å². The molecule has 0 radical (unpaired) electrons. The molecule has 0 saturated carbocycles. The summed E-state index contributed by atoms with van der Waals surface area (Å²) < 4.78 is 7.53. The van der Waals surface area contributed by atoms with Gasteiger partial charge in [-0.2, -0.15) is 0 Å². The average molecular weight is 881 g/mol. The van der Waals surface area contributed by atoms with Gasteiger partial charge in [-0.3, -0.25) is 4.79 Å². The molecule has 0 amide bonds. The van der Waals surface area contributed by atoms with Crippen molar-refractivity contribution >= 4 is 72.2 Å². The Morgan fingerprint density at radius 1 is 0.639 bits per heavy atom. The van der Waals surface area contributed by atoms with Crippen LogP contribution in [-0.4, -0.2) is 22.4 Å². The van der Waals surface area contributed by atoms with Gasteiger partial charge in [-0.15, -0.1) is 45.3 Å². The highest BCUT2D eigenvalue weighted by molar-refractivity contribution is 7.33. The fourth-order valence-electron chi connectivity index (χ4n) is 8.20. The molecule has 0 N–H and O–H groups in total. The summed E-state index contributed by atoms with van der Waals surface area (Å²) in [6.45, 7) is 13.8. The molecule has 0 aliphatic rings. The maximum atomic E-state index is 14.0. The first-order valence-corrected chi connectivity index (χ1v) is 25.4. The number of aryl methyl sites for hydroxylation is 3. The van der Waals surface area contributed by atoms with E-state index in [1.54, 1.807) is 22.7 Å². The second-order valence-electron chi connectivity index (χ2n) is 16.4. The molecule has 0 aliphatic carbocycles. The number of hydrogen-bond acceptors (Lipinski definition) is 8. The number of benzene rings is 3. The Bertz CT molecular complexity index is 2780. The topological polar surface area (TPSA) is 52.1 Å². The molecule has 5 heterocycles. The summed E-state index contributed by atoms with van der Waals surface area (Å²) >= 11 is 7.17. The maximum Gasteiger partial charge on any atom is 0.175 e. The number of aromatic nitrogens is 2. The number of carbonyl (C=O) groups is 1. The lowest BCUT2D eigenvalue weighted by atomic mass is 9.94. The van der Waals surface area contributed by atoms with Crippen LogP contribution in [0.4, 0.5) is 0 Å². The molecule has 4 nitrogen and oxygen atoms in total. The minimum absolute atomic E-state index is 0.0731. The Balaban J connectivity index is 1.19. The summed E-state index contributed by atoms with van der Waals surface area (Å²) in [5.74, 6) is 1.24. The first-order valence-electron chi connectivity index (χ1n) is 22.2. The van der Waals surface area contributed by atoms with Gasteiger partial charge in [-0.25, -0.2) is 9.97 Å². The van der Waals surface area contributed by atoms with Gasteiger partial charge < -0.3 is 4.74 Å². The van der Waals surface area contributed by atoms with Gasteiger partial charge in [0.25, 0.3) is 0 Å². The monoisotopic (exact) mass is 880 g/mol. The zero-order valence-corrected chi connectivity index (χ0v) is 39.6. The lowest BCUT2D eigenvalue weighted by Crippen LogP contribution is -2.12. The molecule has 61 heavy (non-hydrogen) atoms. The summed E-state index contributed by atoms with van der Waals surface area (Å²) in [6.07, 6.45) is 11.4. The van der Waals surface area contributed by atoms with Crippen molar-refractivity contribution in [3.8, 4) is 58.2 Å². The van der Waals surface area contributed by atoms with E-state index in [0.717, 1.165) is 92.3 Å². The average Bonchev–Trinajstić information content (AvgIpc) is 4.09. The molecule has 1 atom stereocenters. The van der Waals surface area contributed by atoms with Crippen LogP contribution in [0.2, 0.25) is 0 Å². The van der Waals surface area contributed by atoms with E-state index in [0.29, 0.717) is 12.4 Å². The van der Waals surface area contributed by atoms with Crippen molar-refractivity contribution in [3.05, 3.63) is 112 Å². The third-order valence-electron chi connectivity index (χ3n) is 11.6. The number of ether oxygens (including phenoxy) is 1. The maximum absolute atomic E-state index is 14.0. The van der Waals surface area contributed by atoms with Gasteiger partial charge in [0.15, 0.2) is 5.78 Å². The number of nitrogens with zero attached hydrogens (tertiary/aromatic N) is 2. The van der Waals surface area contributed by atoms with Gasteiger partial charge in [0.1, 0.15) is 5.75 Å². The zero-order valence-electron chi connectivity index (χ0n) is 36.4. The standard InChI is InChI=1S/C53H56N2O2S4/c1-7-10-12-13-14-15-29-57-39-22-17-21-38(31-39)48-47(37-20-16-18-33(4)30-37)55-49-40(25-23-34(5)46(49)54-48)42-27-28-43(59-42)51-41-32-45(50(56)36(9-3)19-11-8-2)60-52(41)53(61-51)44-26-24-35(6)58-44/h16-18,20-28,30-32,36H,7-15,19,29H2,1-6H3. The molecule has 1 unspecified atom stereocenters. The molecule has 314 valence electrons. The quantitative estimate of drug-likeness (QED) is 0.0600. The van der Waals surface area contributed by atoms with Gasteiger partial charge in [-0.1, -0.05) is 114 Å². The molecule has 3 aromatic carbocycles. The fourth-order valence-corrected chi connectivity index (χ4v) is 13.0. The van der Waals surface area contributed by atoms with Crippen LogP contribution in [0.5, 0.6) is 5.75 Å². The number of carbonyl (C=O) groups excluding carboxylic acids is 1. The molecule has 0 saturated heterocycles. The summed E-state index contributed by atoms with van der Waals surface area (Å²) in [5, 5.41) is 1.19. The lowest BCUT2D eigenvalue weighted by molar-refractivity contribution is 0.0912. The number of unbranched alkanes of at least 4 members (excludes halogenated alkanes) is 6. The Hall–Kier alpha value is -4.47. The summed E-state index contributed by atoms with van der Waals surface area (Å²) in [5.41, 5.74) is 8.91. The SMILES string of the molecule is CCCCCCCCOc1cccc(-c2nc3c(C)ccc(-c4ccc(-c5sc(-c6ccc(C)s6)c6sc(C(=O)C(CC)CCCC)cc56)s4)c3nc2-c2cccc(C)c2)c1. The third-order valence-corrected chi connectivity index (χ3v) is 16.6. The first-order chi connectivity index (χ1) is 29.8. The largest absolute Gasteiger partial charge is 0.494 e. The predicted octanol–water partition coefficient (Wildman–Crippen LogP) is 17.4. The molecule has 8 rings (SSSR count). The van der Waals surface area contributed by atoms with Crippen molar-refractivity contribution in [3.63, 3.8) is 0 Å². The molecular weight excluding hydrogens is 825 g/mol. The van der Waals surface area contributed by atoms with E-state index in [2.05, 4.69) is 133 Å². The number of hydrogen-bond donors (Lipinski definition) is 0. The first kappa shape index (κ1) is 43.2. The van der Waals surface area contributed by atoms with Crippen LogP contribution in [0.3, 0.4) is 0 Å². The highest BCUT2D eigenvalue weighted by Gasteiger charge is 2.26. The van der Waals surface area contributed by atoms with Gasteiger partial charge in [0, 0.05) is 47.5 Å². The molecule has 0 spiro atoms. The normalized spacial score (nSPS) is 12.2. The molecule has 5 aromatic heterocycles. The van der Waals surface area contributed by atoms with Crippen molar-refractivity contribution in [2.24, 2.45) is 5.92 Å².